The molecule has 9 heteroatoms. The predicted octanol–water partition coefficient (Wildman–Crippen LogP) is 1.58. The Bertz CT molecular complexity index is 741. The van der Waals surface area contributed by atoms with Crippen molar-refractivity contribution < 1.29 is 19.2 Å². The van der Waals surface area contributed by atoms with Crippen LogP contribution in [0.4, 0.5) is 0 Å². The number of piperidine rings is 1. The van der Waals surface area contributed by atoms with Crippen molar-refractivity contribution in [3.8, 4) is 0 Å². The Morgan fingerprint density at radius 1 is 1.07 bits per heavy atom. The SMILES string of the molecule is O=C(CCN1C(=O)c2ccccc2C1=O)NC1CCN(C(=O)C(Cl)Cl)CC1. The van der Waals surface area contributed by atoms with Crippen molar-refractivity contribution in [1.29, 1.82) is 0 Å². The molecule has 0 bridgehead atoms. The number of fused-ring (bicyclic) bond motifs is 1. The van der Waals surface area contributed by atoms with Crippen molar-refractivity contribution in [2.24, 2.45) is 0 Å². The number of hydrogen-bond acceptors (Lipinski definition) is 4. The number of hydrogen-bond donors (Lipinski definition) is 1. The summed E-state index contributed by atoms with van der Waals surface area (Å²) < 4.78 is 0. The molecule has 4 amide bonds. The molecule has 7 nitrogen and oxygen atoms in total. The van der Waals surface area contributed by atoms with Crippen LogP contribution in [0.5, 0.6) is 0 Å². The van der Waals surface area contributed by atoms with E-state index in [-0.39, 0.29) is 42.6 Å². The Morgan fingerprint density at radius 3 is 2.15 bits per heavy atom. The lowest BCUT2D eigenvalue weighted by molar-refractivity contribution is -0.130. The Kier molecular flexibility index (Phi) is 6.01. The lowest BCUT2D eigenvalue weighted by atomic mass is 10.0. The van der Waals surface area contributed by atoms with Crippen LogP contribution in [0.25, 0.3) is 0 Å². The van der Waals surface area contributed by atoms with Gasteiger partial charge in [-0.1, -0.05) is 35.3 Å². The van der Waals surface area contributed by atoms with E-state index in [0.717, 1.165) is 4.90 Å². The highest BCUT2D eigenvalue weighted by molar-refractivity contribution is 6.53. The van der Waals surface area contributed by atoms with Crippen LogP contribution in [-0.4, -0.2) is 63.9 Å². The zero-order valence-electron chi connectivity index (χ0n) is 14.5. The molecule has 0 atom stereocenters. The minimum Gasteiger partial charge on any atom is -0.353 e. The Hall–Kier alpha value is -2.12. The first-order chi connectivity index (χ1) is 12.9. The van der Waals surface area contributed by atoms with Gasteiger partial charge in [0, 0.05) is 32.1 Å². The molecule has 2 aliphatic rings. The average molecular weight is 412 g/mol. The summed E-state index contributed by atoms with van der Waals surface area (Å²) in [7, 11) is 0. The molecule has 0 unspecified atom stereocenters. The van der Waals surface area contributed by atoms with Gasteiger partial charge in [0.2, 0.25) is 5.91 Å². The standard InChI is InChI=1S/C18H19Cl2N3O4/c19-15(20)18(27)22-8-5-11(6-9-22)21-14(24)7-10-23-16(25)12-3-1-2-4-13(12)17(23)26/h1-4,11,15H,5-10H2,(H,21,24). The summed E-state index contributed by atoms with van der Waals surface area (Å²) in [5.74, 6) is -1.29. The summed E-state index contributed by atoms with van der Waals surface area (Å²) in [5, 5.41) is 2.89. The van der Waals surface area contributed by atoms with Gasteiger partial charge in [-0.25, -0.2) is 0 Å². The van der Waals surface area contributed by atoms with Gasteiger partial charge in [-0.2, -0.15) is 0 Å². The Morgan fingerprint density at radius 2 is 1.63 bits per heavy atom. The van der Waals surface area contributed by atoms with Gasteiger partial charge in [0.15, 0.2) is 4.84 Å². The second kappa shape index (κ2) is 8.27. The molecule has 2 aliphatic heterocycles. The minimum atomic E-state index is -1.07. The third-order valence-corrected chi connectivity index (χ3v) is 5.17. The fraction of sp³-hybridized carbons (Fsp3) is 0.444. The van der Waals surface area contributed by atoms with Crippen LogP contribution in [0.1, 0.15) is 40.0 Å². The number of carbonyl (C=O) groups excluding carboxylic acids is 4. The molecule has 0 spiro atoms. The summed E-state index contributed by atoms with van der Waals surface area (Å²) in [6.45, 7) is 0.978. The van der Waals surface area contributed by atoms with Crippen molar-refractivity contribution in [3.63, 3.8) is 0 Å². The maximum absolute atomic E-state index is 12.3. The third kappa shape index (κ3) is 4.25. The van der Waals surface area contributed by atoms with E-state index in [2.05, 4.69) is 5.32 Å². The van der Waals surface area contributed by atoms with Crippen LogP contribution in [0.2, 0.25) is 0 Å². The molecule has 1 aromatic carbocycles. The van der Waals surface area contributed by atoms with Crippen molar-refractivity contribution in [1.82, 2.24) is 15.1 Å². The van der Waals surface area contributed by atoms with E-state index in [1.54, 1.807) is 29.2 Å². The summed E-state index contributed by atoms with van der Waals surface area (Å²) in [5.41, 5.74) is 0.744. The lowest BCUT2D eigenvalue weighted by Crippen LogP contribution is -2.48. The lowest BCUT2D eigenvalue weighted by Gasteiger charge is -2.32. The molecule has 0 aromatic heterocycles. The highest BCUT2D eigenvalue weighted by Crippen LogP contribution is 2.22. The Balaban J connectivity index is 1.46. The van der Waals surface area contributed by atoms with Crippen LogP contribution < -0.4 is 5.32 Å². The second-order valence-electron chi connectivity index (χ2n) is 6.53. The molecule has 2 heterocycles. The molecule has 0 saturated carbocycles. The van der Waals surface area contributed by atoms with Crippen molar-refractivity contribution in [2.75, 3.05) is 19.6 Å². The van der Waals surface area contributed by atoms with E-state index in [9.17, 15) is 19.2 Å². The summed E-state index contributed by atoms with van der Waals surface area (Å²) in [6, 6.07) is 6.56. The maximum Gasteiger partial charge on any atom is 0.261 e. The number of nitrogens with zero attached hydrogens (tertiary/aromatic N) is 2. The topological polar surface area (TPSA) is 86.8 Å². The maximum atomic E-state index is 12.3. The van der Waals surface area contributed by atoms with E-state index in [0.29, 0.717) is 37.1 Å². The number of alkyl halides is 2. The third-order valence-electron chi connectivity index (χ3n) is 4.80. The van der Waals surface area contributed by atoms with E-state index in [4.69, 9.17) is 23.2 Å². The number of nitrogens with one attached hydrogen (secondary N) is 1. The van der Waals surface area contributed by atoms with Gasteiger partial charge in [-0.3, -0.25) is 24.1 Å². The number of amides is 4. The first-order valence-corrected chi connectivity index (χ1v) is 9.57. The smallest absolute Gasteiger partial charge is 0.261 e. The molecule has 1 aromatic rings. The average Bonchev–Trinajstić information content (AvgIpc) is 2.91. The van der Waals surface area contributed by atoms with Crippen molar-refractivity contribution in [2.45, 2.75) is 30.1 Å². The zero-order valence-corrected chi connectivity index (χ0v) is 16.0. The molecule has 144 valence electrons. The van der Waals surface area contributed by atoms with Crippen molar-refractivity contribution >= 4 is 46.8 Å². The number of rotatable bonds is 5. The number of benzene rings is 1. The molecule has 0 aliphatic carbocycles. The molecule has 1 N–H and O–H groups in total. The van der Waals surface area contributed by atoms with Gasteiger partial charge in [-0.05, 0) is 25.0 Å². The molecule has 1 saturated heterocycles. The summed E-state index contributed by atoms with van der Waals surface area (Å²) >= 11 is 11.2. The molecule has 1 fully saturated rings. The summed E-state index contributed by atoms with van der Waals surface area (Å²) in [4.78, 5) is 50.1. The van der Waals surface area contributed by atoms with E-state index < -0.39 is 4.84 Å². The van der Waals surface area contributed by atoms with Gasteiger partial charge in [0.05, 0.1) is 11.1 Å². The van der Waals surface area contributed by atoms with Crippen LogP contribution in [0.3, 0.4) is 0 Å². The highest BCUT2D eigenvalue weighted by Gasteiger charge is 2.35. The first-order valence-electron chi connectivity index (χ1n) is 8.70. The van der Waals surface area contributed by atoms with Gasteiger partial charge >= 0.3 is 0 Å². The minimum absolute atomic E-state index is 0.0374. The number of carbonyl (C=O) groups is 4. The molecular formula is C18H19Cl2N3O4. The van der Waals surface area contributed by atoms with Gasteiger partial charge in [0.25, 0.3) is 17.7 Å². The van der Waals surface area contributed by atoms with Gasteiger partial charge in [-0.15, -0.1) is 0 Å². The van der Waals surface area contributed by atoms with Crippen LogP contribution in [-0.2, 0) is 9.59 Å². The monoisotopic (exact) mass is 411 g/mol. The second-order valence-corrected chi connectivity index (χ2v) is 7.62. The predicted molar refractivity (Wildman–Crippen MR) is 99.7 cm³/mol. The van der Waals surface area contributed by atoms with Crippen LogP contribution in [0.15, 0.2) is 24.3 Å². The van der Waals surface area contributed by atoms with Crippen molar-refractivity contribution in [3.05, 3.63) is 35.4 Å². The largest absolute Gasteiger partial charge is 0.353 e. The van der Waals surface area contributed by atoms with E-state index in [1.807, 2.05) is 0 Å². The van der Waals surface area contributed by atoms with Crippen LogP contribution in [0, 0.1) is 0 Å². The fourth-order valence-corrected chi connectivity index (χ4v) is 3.61. The fourth-order valence-electron chi connectivity index (χ4n) is 3.34. The molecule has 3 rings (SSSR count). The van der Waals surface area contributed by atoms with Gasteiger partial charge < -0.3 is 10.2 Å². The van der Waals surface area contributed by atoms with Gasteiger partial charge in [0.1, 0.15) is 0 Å². The summed E-state index contributed by atoms with van der Waals surface area (Å²) in [6.07, 6.45) is 1.24. The normalized spacial score (nSPS) is 17.4. The zero-order chi connectivity index (χ0) is 19.6. The molecule has 0 radical (unpaired) electrons. The number of halogens is 2. The quantitative estimate of drug-likeness (QED) is 0.588. The van der Waals surface area contributed by atoms with E-state index in [1.165, 1.54) is 0 Å². The first kappa shape index (κ1) is 19.6. The highest BCUT2D eigenvalue weighted by atomic mass is 35.5. The molecular weight excluding hydrogens is 393 g/mol. The Labute approximate surface area is 166 Å². The number of imide groups is 1. The molecule has 27 heavy (non-hydrogen) atoms. The van der Waals surface area contributed by atoms with Crippen LogP contribution >= 0.6 is 23.2 Å². The van der Waals surface area contributed by atoms with E-state index >= 15 is 0 Å². The number of likely N-dealkylation sites (tertiary alicyclic amines) is 1.